The highest BCUT2D eigenvalue weighted by Crippen LogP contribution is 2.20. The molecule has 0 unspecified atom stereocenters. The summed E-state index contributed by atoms with van der Waals surface area (Å²) in [5, 5.41) is 3.69. The topological polar surface area (TPSA) is 48.8 Å². The first-order valence-electron chi connectivity index (χ1n) is 3.97. The first-order chi connectivity index (χ1) is 5.88. The highest BCUT2D eigenvalue weighted by molar-refractivity contribution is 5.18. The van der Waals surface area contributed by atoms with Crippen molar-refractivity contribution in [2.75, 3.05) is 0 Å². The van der Waals surface area contributed by atoms with Crippen molar-refractivity contribution in [3.05, 3.63) is 46.3 Å². The van der Waals surface area contributed by atoms with Crippen LogP contribution < -0.4 is 0 Å². The van der Waals surface area contributed by atoms with Crippen LogP contribution in [0.3, 0.4) is 0 Å². The highest BCUT2D eigenvalue weighted by atomic mass is 15.1. The number of hydrogen-bond donors (Lipinski definition) is 0. The molecule has 1 rings (SSSR count). The van der Waals surface area contributed by atoms with Crippen molar-refractivity contribution in [3.8, 4) is 0 Å². The molecule has 0 radical (unpaired) electrons. The van der Waals surface area contributed by atoms with Gasteiger partial charge in [0.2, 0.25) is 0 Å². The van der Waals surface area contributed by atoms with E-state index < -0.39 is 0 Å². The number of benzene rings is 1. The van der Waals surface area contributed by atoms with Crippen LogP contribution >= 0.6 is 0 Å². The standard InChI is InChI=1S/C9H11N3/c1-2-9(11-12-10)8-6-4-3-5-7-8/h3-7,9H,2H2,1H3/t9-/m1/s1. The van der Waals surface area contributed by atoms with E-state index in [0.29, 0.717) is 0 Å². The Morgan fingerprint density at radius 1 is 1.42 bits per heavy atom. The molecule has 3 heteroatoms. The monoisotopic (exact) mass is 161 g/mol. The third-order valence-corrected chi connectivity index (χ3v) is 1.76. The quantitative estimate of drug-likeness (QED) is 0.370. The first kappa shape index (κ1) is 8.62. The Bertz CT molecular complexity index is 275. The van der Waals surface area contributed by atoms with E-state index >= 15 is 0 Å². The minimum Gasteiger partial charge on any atom is -0.0859 e. The third-order valence-electron chi connectivity index (χ3n) is 1.76. The SMILES string of the molecule is CC[C@@H](N=[N+]=[N-])c1ccccc1. The van der Waals surface area contributed by atoms with Gasteiger partial charge in [0.25, 0.3) is 0 Å². The zero-order valence-corrected chi connectivity index (χ0v) is 7.01. The Morgan fingerprint density at radius 3 is 2.58 bits per heavy atom. The molecule has 0 aliphatic carbocycles. The minimum absolute atomic E-state index is 0.0174. The summed E-state index contributed by atoms with van der Waals surface area (Å²) in [4.78, 5) is 2.81. The molecule has 0 aromatic heterocycles. The van der Waals surface area contributed by atoms with Crippen LogP contribution in [0.5, 0.6) is 0 Å². The maximum atomic E-state index is 8.29. The van der Waals surface area contributed by atoms with Gasteiger partial charge in [-0.05, 0) is 17.5 Å². The van der Waals surface area contributed by atoms with Crippen LogP contribution in [0, 0.1) is 0 Å². The Balaban J connectivity index is 2.87. The summed E-state index contributed by atoms with van der Waals surface area (Å²) in [6.45, 7) is 2.01. The molecule has 0 amide bonds. The van der Waals surface area contributed by atoms with Crippen molar-refractivity contribution >= 4 is 0 Å². The van der Waals surface area contributed by atoms with Gasteiger partial charge < -0.3 is 0 Å². The Labute approximate surface area is 71.7 Å². The lowest BCUT2D eigenvalue weighted by Gasteiger charge is -2.06. The van der Waals surface area contributed by atoms with E-state index in [0.717, 1.165) is 12.0 Å². The maximum absolute atomic E-state index is 8.29. The fourth-order valence-corrected chi connectivity index (χ4v) is 1.12. The van der Waals surface area contributed by atoms with Crippen LogP contribution in [0.2, 0.25) is 0 Å². The van der Waals surface area contributed by atoms with Crippen LogP contribution in [0.1, 0.15) is 24.9 Å². The van der Waals surface area contributed by atoms with Crippen LogP contribution in [-0.2, 0) is 0 Å². The summed E-state index contributed by atoms with van der Waals surface area (Å²) in [5.74, 6) is 0. The molecular formula is C9H11N3. The van der Waals surface area contributed by atoms with Crippen molar-refractivity contribution in [2.24, 2.45) is 5.11 Å². The van der Waals surface area contributed by atoms with Gasteiger partial charge in [0.05, 0.1) is 6.04 Å². The van der Waals surface area contributed by atoms with E-state index in [1.54, 1.807) is 0 Å². The first-order valence-corrected chi connectivity index (χ1v) is 3.97. The van der Waals surface area contributed by atoms with Gasteiger partial charge in [0.15, 0.2) is 0 Å². The van der Waals surface area contributed by atoms with Gasteiger partial charge in [0.1, 0.15) is 0 Å². The molecule has 12 heavy (non-hydrogen) atoms. The van der Waals surface area contributed by atoms with Gasteiger partial charge in [-0.2, -0.15) is 0 Å². The third kappa shape index (κ3) is 2.01. The average molecular weight is 161 g/mol. The summed E-state index contributed by atoms with van der Waals surface area (Å²) >= 11 is 0. The Hall–Kier alpha value is -1.47. The Kier molecular flexibility index (Phi) is 3.17. The maximum Gasteiger partial charge on any atom is 0.0622 e. The molecule has 0 heterocycles. The lowest BCUT2D eigenvalue weighted by molar-refractivity contribution is 0.693. The molecule has 0 spiro atoms. The molecule has 0 saturated heterocycles. The van der Waals surface area contributed by atoms with E-state index in [-0.39, 0.29) is 6.04 Å². The number of nitrogens with zero attached hydrogens (tertiary/aromatic N) is 3. The lowest BCUT2D eigenvalue weighted by Crippen LogP contribution is -1.90. The second kappa shape index (κ2) is 4.42. The van der Waals surface area contributed by atoms with Crippen LogP contribution in [-0.4, -0.2) is 0 Å². The molecule has 62 valence electrons. The van der Waals surface area contributed by atoms with Crippen LogP contribution in [0.15, 0.2) is 35.4 Å². The van der Waals surface area contributed by atoms with E-state index in [9.17, 15) is 0 Å². The number of azide groups is 1. The van der Waals surface area contributed by atoms with Crippen molar-refractivity contribution in [2.45, 2.75) is 19.4 Å². The van der Waals surface area contributed by atoms with Crippen molar-refractivity contribution < 1.29 is 0 Å². The van der Waals surface area contributed by atoms with Crippen molar-refractivity contribution in [3.63, 3.8) is 0 Å². The van der Waals surface area contributed by atoms with Gasteiger partial charge in [-0.3, -0.25) is 0 Å². The lowest BCUT2D eigenvalue weighted by atomic mass is 10.1. The van der Waals surface area contributed by atoms with E-state index in [2.05, 4.69) is 10.0 Å². The predicted octanol–water partition coefficient (Wildman–Crippen LogP) is 3.45. The van der Waals surface area contributed by atoms with Crippen molar-refractivity contribution in [1.29, 1.82) is 0 Å². The molecule has 3 nitrogen and oxygen atoms in total. The average Bonchev–Trinajstić information content (AvgIpc) is 2.15. The molecular weight excluding hydrogens is 150 g/mol. The molecule has 0 N–H and O–H groups in total. The number of rotatable bonds is 3. The van der Waals surface area contributed by atoms with E-state index in [1.807, 2.05) is 37.3 Å². The molecule has 0 bridgehead atoms. The minimum atomic E-state index is -0.0174. The van der Waals surface area contributed by atoms with Gasteiger partial charge in [0, 0.05) is 4.91 Å². The largest absolute Gasteiger partial charge is 0.0859 e. The second-order valence-corrected chi connectivity index (χ2v) is 2.54. The molecule has 1 atom stereocenters. The summed E-state index contributed by atoms with van der Waals surface area (Å²) in [5.41, 5.74) is 9.37. The smallest absolute Gasteiger partial charge is 0.0622 e. The molecule has 0 saturated carbocycles. The van der Waals surface area contributed by atoms with Gasteiger partial charge in [-0.1, -0.05) is 42.4 Å². The van der Waals surface area contributed by atoms with Crippen LogP contribution in [0.25, 0.3) is 10.4 Å². The van der Waals surface area contributed by atoms with E-state index in [1.165, 1.54) is 0 Å². The van der Waals surface area contributed by atoms with Gasteiger partial charge >= 0.3 is 0 Å². The highest BCUT2D eigenvalue weighted by Gasteiger charge is 2.04. The fraction of sp³-hybridized carbons (Fsp3) is 0.333. The van der Waals surface area contributed by atoms with Crippen LogP contribution in [0.4, 0.5) is 0 Å². The second-order valence-electron chi connectivity index (χ2n) is 2.54. The zero-order valence-electron chi connectivity index (χ0n) is 7.01. The molecule has 0 aliphatic rings. The molecule has 0 aliphatic heterocycles. The molecule has 1 aromatic rings. The summed E-state index contributed by atoms with van der Waals surface area (Å²) in [6, 6.07) is 9.78. The van der Waals surface area contributed by atoms with Crippen molar-refractivity contribution in [1.82, 2.24) is 0 Å². The normalized spacial score (nSPS) is 11.8. The predicted molar refractivity (Wildman–Crippen MR) is 48.6 cm³/mol. The van der Waals surface area contributed by atoms with Gasteiger partial charge in [-0.25, -0.2) is 0 Å². The molecule has 0 fully saturated rings. The summed E-state index contributed by atoms with van der Waals surface area (Å²) in [6.07, 6.45) is 0.841. The summed E-state index contributed by atoms with van der Waals surface area (Å²) in [7, 11) is 0. The Morgan fingerprint density at radius 2 is 2.08 bits per heavy atom. The fourth-order valence-electron chi connectivity index (χ4n) is 1.12. The van der Waals surface area contributed by atoms with Gasteiger partial charge in [-0.15, -0.1) is 0 Å². The summed E-state index contributed by atoms with van der Waals surface area (Å²) < 4.78 is 0. The van der Waals surface area contributed by atoms with E-state index in [4.69, 9.17) is 5.53 Å². The number of hydrogen-bond acceptors (Lipinski definition) is 1. The zero-order chi connectivity index (χ0) is 8.81. The molecule has 1 aromatic carbocycles.